The molecule has 4 atom stereocenters. The number of carbonyl (C=O) groups excluding carboxylic acids is 1. The first-order valence-corrected chi connectivity index (χ1v) is 7.43. The Kier molecular flexibility index (Phi) is 4.39. The van der Waals surface area contributed by atoms with Gasteiger partial charge in [-0.1, -0.05) is 12.1 Å². The lowest BCUT2D eigenvalue weighted by atomic mass is 9.89. The summed E-state index contributed by atoms with van der Waals surface area (Å²) in [6, 6.07) is 0. The third-order valence-electron chi connectivity index (χ3n) is 3.80. The minimum Gasteiger partial charge on any atom is -0.411 e. The van der Waals surface area contributed by atoms with Crippen LogP contribution in [-0.2, 0) is 9.53 Å². The summed E-state index contributed by atoms with van der Waals surface area (Å²) in [5, 5.41) is 16.9. The van der Waals surface area contributed by atoms with E-state index in [-0.39, 0.29) is 30.0 Å². The quantitative estimate of drug-likeness (QED) is 0.509. The summed E-state index contributed by atoms with van der Waals surface area (Å²) in [6.07, 6.45) is -0.0171. The maximum atomic E-state index is 12.3. The minimum atomic E-state index is -0.176. The Morgan fingerprint density at radius 3 is 2.70 bits per heavy atom. The Balaban J connectivity index is 2.07. The lowest BCUT2D eigenvalue weighted by Gasteiger charge is -2.16. The smallest absolute Gasteiger partial charge is 0.232 e. The molecule has 1 aliphatic heterocycles. The van der Waals surface area contributed by atoms with Crippen molar-refractivity contribution in [3.63, 3.8) is 0 Å². The van der Waals surface area contributed by atoms with E-state index in [0.717, 1.165) is 0 Å². The number of amides is 1. The third-order valence-corrected chi connectivity index (χ3v) is 4.56. The largest absolute Gasteiger partial charge is 0.411 e. The Morgan fingerprint density at radius 1 is 1.45 bits per heavy atom. The van der Waals surface area contributed by atoms with Gasteiger partial charge in [0.1, 0.15) is 11.4 Å². The molecule has 0 saturated carbocycles. The predicted octanol–water partition coefficient (Wildman–Crippen LogP) is 2.34. The molecule has 110 valence electrons. The van der Waals surface area contributed by atoms with Crippen LogP contribution in [0.25, 0.3) is 0 Å². The maximum Gasteiger partial charge on any atom is 0.232 e. The number of anilines is 1. The summed E-state index contributed by atoms with van der Waals surface area (Å²) in [7, 11) is 0. The summed E-state index contributed by atoms with van der Waals surface area (Å²) in [4.78, 5) is 16.5. The van der Waals surface area contributed by atoms with Crippen LogP contribution in [0.4, 0.5) is 5.13 Å². The van der Waals surface area contributed by atoms with Crippen LogP contribution >= 0.6 is 11.3 Å². The van der Waals surface area contributed by atoms with E-state index < -0.39 is 0 Å². The zero-order chi connectivity index (χ0) is 14.9. The van der Waals surface area contributed by atoms with E-state index in [9.17, 15) is 4.79 Å². The molecule has 20 heavy (non-hydrogen) atoms. The van der Waals surface area contributed by atoms with E-state index in [1.165, 1.54) is 11.3 Å². The maximum absolute atomic E-state index is 12.3. The number of hydrogen-bond acceptors (Lipinski definition) is 6. The molecule has 1 aliphatic rings. The molecule has 4 unspecified atom stereocenters. The second-order valence-electron chi connectivity index (χ2n) is 5.14. The number of carbonyl (C=O) groups is 1. The highest BCUT2D eigenvalue weighted by molar-refractivity contribution is 7.14. The van der Waals surface area contributed by atoms with Crippen molar-refractivity contribution in [1.29, 1.82) is 0 Å². The highest BCUT2D eigenvalue weighted by Crippen LogP contribution is 2.33. The SMILES string of the molecule is CC(=NO)c1csc(NC(=O)C2C(C)OC(C)C2C)n1. The molecule has 1 aromatic rings. The number of hydrogen-bond donors (Lipinski definition) is 2. The second-order valence-corrected chi connectivity index (χ2v) is 6.00. The van der Waals surface area contributed by atoms with Gasteiger partial charge in [0.05, 0.1) is 18.1 Å². The van der Waals surface area contributed by atoms with Gasteiger partial charge < -0.3 is 15.3 Å². The Labute approximate surface area is 121 Å². The van der Waals surface area contributed by atoms with Crippen molar-refractivity contribution < 1.29 is 14.7 Å². The summed E-state index contributed by atoms with van der Waals surface area (Å²) in [5.41, 5.74) is 0.978. The van der Waals surface area contributed by atoms with Gasteiger partial charge in [0.2, 0.25) is 5.91 Å². The van der Waals surface area contributed by atoms with Gasteiger partial charge in [-0.25, -0.2) is 4.98 Å². The molecule has 7 heteroatoms. The second kappa shape index (κ2) is 5.88. The average molecular weight is 297 g/mol. The number of nitrogens with one attached hydrogen (secondary N) is 1. The van der Waals surface area contributed by atoms with Gasteiger partial charge in [-0.15, -0.1) is 11.3 Å². The number of ether oxygens (including phenoxy) is 1. The molecule has 0 radical (unpaired) electrons. The van der Waals surface area contributed by atoms with Crippen LogP contribution in [0.5, 0.6) is 0 Å². The molecule has 1 aromatic heterocycles. The monoisotopic (exact) mass is 297 g/mol. The van der Waals surface area contributed by atoms with Crippen LogP contribution in [0.3, 0.4) is 0 Å². The molecule has 1 amide bonds. The molecule has 0 bridgehead atoms. The minimum absolute atomic E-state index is 0.0751. The van der Waals surface area contributed by atoms with Gasteiger partial charge in [0.25, 0.3) is 0 Å². The fraction of sp³-hybridized carbons (Fsp3) is 0.615. The number of aromatic nitrogens is 1. The summed E-state index contributed by atoms with van der Waals surface area (Å²) in [6.45, 7) is 7.57. The number of thiazole rings is 1. The first-order chi connectivity index (χ1) is 9.43. The van der Waals surface area contributed by atoms with Gasteiger partial charge in [-0.3, -0.25) is 4.79 Å². The van der Waals surface area contributed by atoms with Crippen molar-refractivity contribution in [2.75, 3.05) is 5.32 Å². The molecule has 2 N–H and O–H groups in total. The van der Waals surface area contributed by atoms with Crippen molar-refractivity contribution in [2.45, 2.75) is 39.9 Å². The van der Waals surface area contributed by atoms with E-state index in [1.54, 1.807) is 12.3 Å². The topological polar surface area (TPSA) is 83.8 Å². The van der Waals surface area contributed by atoms with E-state index in [0.29, 0.717) is 16.5 Å². The molecular weight excluding hydrogens is 278 g/mol. The van der Waals surface area contributed by atoms with Crippen molar-refractivity contribution in [3.05, 3.63) is 11.1 Å². The van der Waals surface area contributed by atoms with Crippen LogP contribution in [0.2, 0.25) is 0 Å². The van der Waals surface area contributed by atoms with Crippen LogP contribution in [0.15, 0.2) is 10.5 Å². The molecule has 6 nitrogen and oxygen atoms in total. The molecular formula is C13H19N3O3S. The van der Waals surface area contributed by atoms with Crippen molar-refractivity contribution >= 4 is 28.1 Å². The van der Waals surface area contributed by atoms with Gasteiger partial charge >= 0.3 is 0 Å². The van der Waals surface area contributed by atoms with Gasteiger partial charge in [0, 0.05) is 5.38 Å². The normalized spacial score (nSPS) is 30.5. The zero-order valence-corrected chi connectivity index (χ0v) is 12.8. The third kappa shape index (κ3) is 2.83. The fourth-order valence-electron chi connectivity index (χ4n) is 2.46. The highest BCUT2D eigenvalue weighted by Gasteiger charge is 2.41. The summed E-state index contributed by atoms with van der Waals surface area (Å²) < 4.78 is 5.68. The van der Waals surface area contributed by atoms with Gasteiger partial charge in [0.15, 0.2) is 5.13 Å². The van der Waals surface area contributed by atoms with Crippen LogP contribution in [0.1, 0.15) is 33.4 Å². The number of rotatable bonds is 3. The van der Waals surface area contributed by atoms with Crippen LogP contribution < -0.4 is 5.32 Å². The lowest BCUT2D eigenvalue weighted by molar-refractivity contribution is -0.121. The standard InChI is InChI=1S/C13H19N3O3S/c1-6-8(3)19-9(4)11(6)12(17)15-13-14-10(5-20-13)7(2)16-18/h5-6,8-9,11,18H,1-4H3,(H,14,15,17). The average Bonchev–Trinajstić information content (AvgIpc) is 2.94. The molecule has 0 spiro atoms. The van der Waals surface area contributed by atoms with E-state index in [2.05, 4.69) is 15.5 Å². The molecule has 2 heterocycles. The van der Waals surface area contributed by atoms with Crippen molar-refractivity contribution in [2.24, 2.45) is 17.0 Å². The van der Waals surface area contributed by atoms with Crippen LogP contribution in [-0.4, -0.2) is 34.0 Å². The highest BCUT2D eigenvalue weighted by atomic mass is 32.1. The Bertz CT molecular complexity index is 529. The predicted molar refractivity (Wildman–Crippen MR) is 77.4 cm³/mol. The molecule has 1 fully saturated rings. The fourth-order valence-corrected chi connectivity index (χ4v) is 3.21. The molecule has 1 saturated heterocycles. The molecule has 2 rings (SSSR count). The van der Waals surface area contributed by atoms with E-state index in [1.807, 2.05) is 20.8 Å². The molecule has 0 aromatic carbocycles. The van der Waals surface area contributed by atoms with Crippen molar-refractivity contribution in [1.82, 2.24) is 4.98 Å². The summed E-state index contributed by atoms with van der Waals surface area (Å²) in [5.74, 6) is -0.0797. The zero-order valence-electron chi connectivity index (χ0n) is 12.0. The van der Waals surface area contributed by atoms with Crippen LogP contribution in [0, 0.1) is 11.8 Å². The van der Waals surface area contributed by atoms with Crippen molar-refractivity contribution in [3.8, 4) is 0 Å². The van der Waals surface area contributed by atoms with Gasteiger partial charge in [-0.05, 0) is 26.7 Å². The van der Waals surface area contributed by atoms with E-state index in [4.69, 9.17) is 9.94 Å². The number of oxime groups is 1. The first-order valence-electron chi connectivity index (χ1n) is 6.55. The lowest BCUT2D eigenvalue weighted by Crippen LogP contribution is -2.31. The summed E-state index contributed by atoms with van der Waals surface area (Å²) >= 11 is 1.31. The van der Waals surface area contributed by atoms with E-state index >= 15 is 0 Å². The van der Waals surface area contributed by atoms with Gasteiger partial charge in [-0.2, -0.15) is 0 Å². The number of nitrogens with zero attached hydrogens (tertiary/aromatic N) is 2. The molecule has 0 aliphatic carbocycles. The Hall–Kier alpha value is -1.47. The Morgan fingerprint density at radius 2 is 2.15 bits per heavy atom. The first kappa shape index (κ1) is 14.9.